The lowest BCUT2D eigenvalue weighted by atomic mass is 10.1. The number of rotatable bonds is 3. The third-order valence-corrected chi connectivity index (χ3v) is 3.01. The van der Waals surface area contributed by atoms with Gasteiger partial charge in [0.25, 0.3) is 0 Å². The van der Waals surface area contributed by atoms with Crippen LogP contribution in [-0.4, -0.2) is 36.1 Å². The number of carbonyl (C=O) groups excluding carboxylic acids is 1. The van der Waals surface area contributed by atoms with Crippen LogP contribution in [0, 0.1) is 0 Å². The number of hydrogen-bond acceptors (Lipinski definition) is 5. The van der Waals surface area contributed by atoms with Gasteiger partial charge >= 0.3 is 0 Å². The number of ketones is 1. The zero-order valence-corrected chi connectivity index (χ0v) is 10.6. The van der Waals surface area contributed by atoms with E-state index in [-0.39, 0.29) is 11.6 Å². The fraction of sp³-hybridized carbons (Fsp3) is 0.0769. The summed E-state index contributed by atoms with van der Waals surface area (Å²) in [7, 11) is 1.88. The second-order valence-electron chi connectivity index (χ2n) is 4.30. The summed E-state index contributed by atoms with van der Waals surface area (Å²) in [6.07, 6.45) is 2.85. The molecule has 2 aromatic heterocycles. The Morgan fingerprint density at radius 2 is 2.20 bits per heavy atom. The summed E-state index contributed by atoms with van der Waals surface area (Å²) in [6, 6.07) is 7.61. The average Bonchev–Trinajstić information content (AvgIpc) is 3.07. The van der Waals surface area contributed by atoms with Crippen LogP contribution in [0.15, 0.2) is 36.5 Å². The second kappa shape index (κ2) is 4.61. The molecule has 0 aliphatic rings. The van der Waals surface area contributed by atoms with E-state index in [0.717, 1.165) is 17.0 Å². The largest absolute Gasteiger partial charge is 0.507 e. The molecule has 20 heavy (non-hydrogen) atoms. The van der Waals surface area contributed by atoms with Gasteiger partial charge in [-0.1, -0.05) is 18.2 Å². The molecular weight excluding hydrogens is 258 g/mol. The number of nitrogens with zero attached hydrogens (tertiary/aromatic N) is 4. The Bertz CT molecular complexity index is 801. The van der Waals surface area contributed by atoms with Crippen molar-refractivity contribution in [1.29, 1.82) is 0 Å². The van der Waals surface area contributed by atoms with E-state index in [1.165, 1.54) is 0 Å². The number of aliphatic hydroxyl groups excluding tert-OH is 1. The van der Waals surface area contributed by atoms with Gasteiger partial charge in [0.1, 0.15) is 5.76 Å². The Balaban J connectivity index is 2.05. The van der Waals surface area contributed by atoms with Crippen molar-refractivity contribution in [2.24, 2.45) is 7.05 Å². The highest BCUT2D eigenvalue weighted by Crippen LogP contribution is 2.25. The van der Waals surface area contributed by atoms with Crippen molar-refractivity contribution in [3.8, 4) is 0 Å². The smallest absolute Gasteiger partial charge is 0.244 e. The molecule has 0 fully saturated rings. The summed E-state index contributed by atoms with van der Waals surface area (Å²) in [5, 5.41) is 23.6. The van der Waals surface area contributed by atoms with Gasteiger partial charge in [0.15, 0.2) is 0 Å². The van der Waals surface area contributed by atoms with Crippen molar-refractivity contribution in [2.45, 2.75) is 0 Å². The number of hydrogen-bond donors (Lipinski definition) is 2. The summed E-state index contributed by atoms with van der Waals surface area (Å²) in [5.74, 6) is -0.724. The fourth-order valence-corrected chi connectivity index (χ4v) is 2.08. The van der Waals surface area contributed by atoms with Crippen molar-refractivity contribution in [2.75, 3.05) is 0 Å². The standard InChI is InChI=1S/C13H11N5O2/c1-18-7-9(8-4-2-3-5-10(8)18)11(19)6-12(20)13-14-16-17-15-13/h2-7,19H,1H3,(H,14,15,16,17). The van der Waals surface area contributed by atoms with Crippen molar-refractivity contribution in [3.63, 3.8) is 0 Å². The average molecular weight is 269 g/mol. The Kier molecular flexibility index (Phi) is 2.79. The van der Waals surface area contributed by atoms with Gasteiger partial charge in [-0.2, -0.15) is 5.21 Å². The van der Waals surface area contributed by atoms with E-state index in [1.807, 2.05) is 35.9 Å². The predicted molar refractivity (Wildman–Crippen MR) is 72.0 cm³/mol. The molecule has 2 heterocycles. The molecule has 0 radical (unpaired) electrons. The monoisotopic (exact) mass is 269 g/mol. The minimum Gasteiger partial charge on any atom is -0.507 e. The maximum Gasteiger partial charge on any atom is 0.244 e. The third kappa shape index (κ3) is 1.95. The number of carbonyl (C=O) groups is 1. The molecule has 0 bridgehead atoms. The first kappa shape index (κ1) is 12.1. The van der Waals surface area contributed by atoms with Gasteiger partial charge < -0.3 is 9.67 Å². The zero-order valence-electron chi connectivity index (χ0n) is 10.6. The van der Waals surface area contributed by atoms with Gasteiger partial charge in [-0.3, -0.25) is 4.79 Å². The number of allylic oxidation sites excluding steroid dienone is 1. The zero-order chi connectivity index (χ0) is 14.1. The van der Waals surface area contributed by atoms with E-state index >= 15 is 0 Å². The number of tetrazole rings is 1. The normalized spacial score (nSPS) is 11.9. The van der Waals surface area contributed by atoms with Crippen LogP contribution >= 0.6 is 0 Å². The molecular formula is C13H11N5O2. The van der Waals surface area contributed by atoms with Gasteiger partial charge in [-0.15, -0.1) is 10.2 Å². The van der Waals surface area contributed by atoms with Crippen LogP contribution in [0.1, 0.15) is 16.2 Å². The number of para-hydroxylation sites is 1. The molecule has 100 valence electrons. The summed E-state index contributed by atoms with van der Waals surface area (Å²) in [6.45, 7) is 0. The molecule has 3 rings (SSSR count). The van der Waals surface area contributed by atoms with E-state index in [1.54, 1.807) is 6.20 Å². The lowest BCUT2D eigenvalue weighted by Crippen LogP contribution is -1.99. The number of benzene rings is 1. The van der Waals surface area contributed by atoms with Gasteiger partial charge in [-0.05, 0) is 11.3 Å². The first-order chi connectivity index (χ1) is 9.66. The quantitative estimate of drug-likeness (QED) is 0.426. The number of fused-ring (bicyclic) bond motifs is 1. The Morgan fingerprint density at radius 3 is 2.95 bits per heavy atom. The molecule has 0 aliphatic heterocycles. The first-order valence-corrected chi connectivity index (χ1v) is 5.89. The minimum absolute atomic E-state index is 0.0863. The van der Waals surface area contributed by atoms with Gasteiger partial charge in [0.05, 0.1) is 0 Å². The third-order valence-electron chi connectivity index (χ3n) is 3.01. The molecule has 0 aliphatic carbocycles. The lowest BCUT2D eigenvalue weighted by molar-refractivity contribution is 0.103. The molecule has 1 aromatic carbocycles. The van der Waals surface area contributed by atoms with Crippen molar-refractivity contribution >= 4 is 22.4 Å². The molecule has 0 unspecified atom stereocenters. The van der Waals surface area contributed by atoms with Gasteiger partial charge in [0.2, 0.25) is 11.6 Å². The minimum atomic E-state index is -0.510. The molecule has 0 amide bonds. The van der Waals surface area contributed by atoms with Crippen molar-refractivity contribution in [3.05, 3.63) is 47.9 Å². The number of H-pyrrole nitrogens is 1. The van der Waals surface area contributed by atoms with Gasteiger partial charge in [-0.25, -0.2) is 0 Å². The van der Waals surface area contributed by atoms with Crippen LogP contribution in [0.5, 0.6) is 0 Å². The molecule has 3 aromatic rings. The highest BCUT2D eigenvalue weighted by molar-refractivity contribution is 6.06. The molecule has 2 N–H and O–H groups in total. The lowest BCUT2D eigenvalue weighted by Gasteiger charge is -1.97. The number of aromatic nitrogens is 5. The first-order valence-electron chi connectivity index (χ1n) is 5.89. The van der Waals surface area contributed by atoms with Crippen molar-refractivity contribution < 1.29 is 9.90 Å². The van der Waals surface area contributed by atoms with Crippen LogP contribution in [0.3, 0.4) is 0 Å². The van der Waals surface area contributed by atoms with E-state index in [0.29, 0.717) is 5.56 Å². The summed E-state index contributed by atoms with van der Waals surface area (Å²) in [5.41, 5.74) is 1.55. The van der Waals surface area contributed by atoms with E-state index < -0.39 is 5.78 Å². The molecule has 7 heteroatoms. The molecule has 0 saturated heterocycles. The Morgan fingerprint density at radius 1 is 1.40 bits per heavy atom. The number of aliphatic hydroxyl groups is 1. The molecule has 0 saturated carbocycles. The topological polar surface area (TPSA) is 96.7 Å². The van der Waals surface area contributed by atoms with E-state index in [9.17, 15) is 9.90 Å². The van der Waals surface area contributed by atoms with E-state index in [4.69, 9.17) is 0 Å². The Hall–Kier alpha value is -2.96. The molecule has 0 atom stereocenters. The van der Waals surface area contributed by atoms with Crippen LogP contribution < -0.4 is 0 Å². The van der Waals surface area contributed by atoms with Crippen LogP contribution in [0.2, 0.25) is 0 Å². The fourth-order valence-electron chi connectivity index (χ4n) is 2.08. The predicted octanol–water partition coefficient (Wildman–Crippen LogP) is 1.47. The van der Waals surface area contributed by atoms with Crippen LogP contribution in [0.25, 0.3) is 16.7 Å². The van der Waals surface area contributed by atoms with Crippen molar-refractivity contribution in [1.82, 2.24) is 25.2 Å². The SMILES string of the molecule is Cn1cc(C(O)=CC(=O)c2nn[nH]n2)c2ccccc21. The number of nitrogens with one attached hydrogen (secondary N) is 1. The number of aryl methyl sites for hydroxylation is 1. The highest BCUT2D eigenvalue weighted by Gasteiger charge is 2.13. The summed E-state index contributed by atoms with van der Waals surface area (Å²) in [4.78, 5) is 11.8. The van der Waals surface area contributed by atoms with E-state index in [2.05, 4.69) is 20.6 Å². The van der Waals surface area contributed by atoms with Gasteiger partial charge in [0, 0.05) is 35.8 Å². The second-order valence-corrected chi connectivity index (χ2v) is 4.30. The molecule has 7 nitrogen and oxygen atoms in total. The summed E-state index contributed by atoms with van der Waals surface area (Å²) >= 11 is 0. The number of aromatic amines is 1. The van der Waals surface area contributed by atoms with Crippen LogP contribution in [-0.2, 0) is 7.05 Å². The molecule has 0 spiro atoms. The summed E-state index contributed by atoms with van der Waals surface area (Å²) < 4.78 is 1.88. The highest BCUT2D eigenvalue weighted by atomic mass is 16.3. The Labute approximate surface area is 113 Å². The van der Waals surface area contributed by atoms with Crippen LogP contribution in [0.4, 0.5) is 0 Å². The maximum absolute atomic E-state index is 11.8. The maximum atomic E-state index is 11.8.